The monoisotopic (exact) mass is 641 g/mol. The van der Waals surface area contributed by atoms with E-state index in [1.54, 1.807) is 13.2 Å². The highest BCUT2D eigenvalue weighted by Crippen LogP contribution is 2.43. The molecule has 1 amide bonds. The number of hydrogen-bond donors (Lipinski definition) is 2. The Morgan fingerprint density at radius 1 is 1.21 bits per heavy atom. The fourth-order valence-electron chi connectivity index (χ4n) is 7.68. The van der Waals surface area contributed by atoms with Crippen LogP contribution in [0.4, 0.5) is 10.1 Å². The first-order valence-corrected chi connectivity index (χ1v) is 16.8. The average molecular weight is 642 g/mol. The molecule has 10 nitrogen and oxygen atoms in total. The van der Waals surface area contributed by atoms with Crippen LogP contribution in [0.3, 0.4) is 0 Å². The number of fused-ring (bicyclic) bond motifs is 3. The van der Waals surface area contributed by atoms with E-state index in [1.165, 1.54) is 27.3 Å². The summed E-state index contributed by atoms with van der Waals surface area (Å²) in [5, 5.41) is 14.1. The van der Waals surface area contributed by atoms with Gasteiger partial charge in [0, 0.05) is 61.8 Å². The molecule has 47 heavy (non-hydrogen) atoms. The van der Waals surface area contributed by atoms with E-state index >= 15 is 0 Å². The zero-order valence-corrected chi connectivity index (χ0v) is 27.2. The molecule has 3 aliphatic rings. The molecule has 3 atom stereocenters. The first kappa shape index (κ1) is 31.4. The van der Waals surface area contributed by atoms with Crippen LogP contribution in [-0.4, -0.2) is 87.4 Å². The Balaban J connectivity index is 1.37. The number of likely N-dealkylation sites (tertiary alicyclic amines) is 1. The summed E-state index contributed by atoms with van der Waals surface area (Å²) in [5.41, 5.74) is 14.0. The van der Waals surface area contributed by atoms with Gasteiger partial charge in [-0.2, -0.15) is 5.10 Å². The summed E-state index contributed by atoms with van der Waals surface area (Å²) < 4.78 is 24.5. The molecule has 3 N–H and O–H groups in total. The van der Waals surface area contributed by atoms with Crippen molar-refractivity contribution in [2.45, 2.75) is 64.3 Å². The maximum absolute atomic E-state index is 14.4. The highest BCUT2D eigenvalue weighted by atomic mass is 19.1. The molecule has 2 aromatic heterocycles. The molecular formula is C36H44FN7O3. The van der Waals surface area contributed by atoms with E-state index < -0.39 is 12.2 Å². The first-order chi connectivity index (χ1) is 22.9. The second-order valence-corrected chi connectivity index (χ2v) is 13.1. The molecule has 1 saturated heterocycles. The molecular weight excluding hydrogens is 597 g/mol. The third-order valence-electron chi connectivity index (χ3n) is 9.96. The number of ether oxygens (including phenoxy) is 1. The number of carbonyl (C=O) groups excluding carboxylic acids is 1. The van der Waals surface area contributed by atoms with Gasteiger partial charge < -0.3 is 29.9 Å². The van der Waals surface area contributed by atoms with Crippen LogP contribution in [-0.2, 0) is 19.5 Å². The maximum atomic E-state index is 14.4. The highest BCUT2D eigenvalue weighted by Gasteiger charge is 2.32. The minimum atomic E-state index is -1.15. The average Bonchev–Trinajstić information content (AvgIpc) is 3.62. The van der Waals surface area contributed by atoms with Crippen LogP contribution in [0.15, 0.2) is 42.7 Å². The molecule has 0 spiro atoms. The number of nitrogens with two attached hydrogens (primary N) is 1. The van der Waals surface area contributed by atoms with Gasteiger partial charge in [0.2, 0.25) is 0 Å². The van der Waals surface area contributed by atoms with Crippen molar-refractivity contribution in [3.05, 3.63) is 70.8 Å². The third-order valence-corrected chi connectivity index (χ3v) is 9.96. The normalized spacial score (nSPS) is 21.0. The van der Waals surface area contributed by atoms with Gasteiger partial charge in [-0.3, -0.25) is 9.48 Å². The second-order valence-electron chi connectivity index (χ2n) is 13.1. The standard InChI is InChI=1S/C36H44FN7O3/c1-3-43-19-23(18-39-43)20-44-34-31(15-26(16-33(34)47-2)36(46)42-21-27(37)17-28(38)22-42)40-35(44)30-14-25-6-4-7-32-29(25)9-8-24(30)10-12-41(32)11-5-13-45/h4,6-7,14-16,18-19,24,27-28,45H,3,5,8-13,17,20-22,38H2,1-2H3/t24?,27-,28-/m1/s1. The fraction of sp³-hybridized carbons (Fsp3) is 0.472. The number of aryl methyl sites for hydroxylation is 1. The Hall–Kier alpha value is -4.22. The van der Waals surface area contributed by atoms with Crippen molar-refractivity contribution in [3.8, 4) is 5.75 Å². The minimum absolute atomic E-state index is 0.0271. The smallest absolute Gasteiger partial charge is 0.254 e. The Kier molecular flexibility index (Phi) is 8.76. The minimum Gasteiger partial charge on any atom is -0.494 e. The number of methoxy groups -OCH3 is 1. The van der Waals surface area contributed by atoms with Gasteiger partial charge in [0.15, 0.2) is 0 Å². The Labute approximate surface area is 274 Å². The molecule has 1 aliphatic carbocycles. The molecule has 2 bridgehead atoms. The van der Waals surface area contributed by atoms with E-state index in [2.05, 4.69) is 52.0 Å². The van der Waals surface area contributed by atoms with Gasteiger partial charge in [0.1, 0.15) is 23.3 Å². The lowest BCUT2D eigenvalue weighted by molar-refractivity contribution is 0.0606. The number of aromatic nitrogens is 4. The molecule has 0 radical (unpaired) electrons. The number of benzene rings is 2. The van der Waals surface area contributed by atoms with Crippen molar-refractivity contribution in [1.29, 1.82) is 0 Å². The lowest BCUT2D eigenvalue weighted by atomic mass is 9.89. The summed E-state index contributed by atoms with van der Waals surface area (Å²) in [4.78, 5) is 22.9. The van der Waals surface area contributed by atoms with Crippen molar-refractivity contribution in [2.24, 2.45) is 11.7 Å². The summed E-state index contributed by atoms with van der Waals surface area (Å²) in [6.45, 7) is 5.57. The van der Waals surface area contributed by atoms with Crippen LogP contribution in [0.5, 0.6) is 5.75 Å². The number of anilines is 1. The number of piperidine rings is 1. The number of allylic oxidation sites excluding steroid dienone is 1. The summed E-state index contributed by atoms with van der Waals surface area (Å²) >= 11 is 0. The maximum Gasteiger partial charge on any atom is 0.254 e. The van der Waals surface area contributed by atoms with Gasteiger partial charge >= 0.3 is 0 Å². The summed E-state index contributed by atoms with van der Waals surface area (Å²) in [7, 11) is 1.61. The molecule has 4 heterocycles. The molecule has 7 rings (SSSR count). The number of carbonyl (C=O) groups is 1. The quantitative estimate of drug-likeness (QED) is 0.276. The van der Waals surface area contributed by atoms with Gasteiger partial charge in [-0.1, -0.05) is 12.1 Å². The van der Waals surface area contributed by atoms with Gasteiger partial charge in [-0.25, -0.2) is 9.37 Å². The van der Waals surface area contributed by atoms with Gasteiger partial charge in [-0.05, 0) is 85.9 Å². The molecule has 1 unspecified atom stereocenters. The number of rotatable bonds is 9. The number of nitrogens with zero attached hydrogens (tertiary/aromatic N) is 6. The number of alkyl halides is 1. The molecule has 1 fully saturated rings. The Bertz CT molecular complexity index is 1800. The van der Waals surface area contributed by atoms with Crippen LogP contribution in [0.25, 0.3) is 22.7 Å². The van der Waals surface area contributed by atoms with E-state index in [0.717, 1.165) is 62.2 Å². The van der Waals surface area contributed by atoms with Crippen molar-refractivity contribution in [2.75, 3.05) is 44.8 Å². The van der Waals surface area contributed by atoms with E-state index in [9.17, 15) is 14.3 Å². The number of hydrogen-bond acceptors (Lipinski definition) is 7. The van der Waals surface area contributed by atoms with Gasteiger partial charge in [0.05, 0.1) is 31.9 Å². The van der Waals surface area contributed by atoms with Crippen LogP contribution in [0.1, 0.15) is 65.5 Å². The van der Waals surface area contributed by atoms with Crippen LogP contribution < -0.4 is 15.4 Å². The van der Waals surface area contributed by atoms with Gasteiger partial charge in [-0.15, -0.1) is 0 Å². The van der Waals surface area contributed by atoms with Crippen molar-refractivity contribution >= 4 is 34.3 Å². The predicted octanol–water partition coefficient (Wildman–Crippen LogP) is 4.52. The van der Waals surface area contributed by atoms with E-state index in [1.807, 2.05) is 16.9 Å². The summed E-state index contributed by atoms with van der Waals surface area (Å²) in [5.74, 6) is 1.37. The van der Waals surface area contributed by atoms with Crippen molar-refractivity contribution < 1.29 is 19.0 Å². The van der Waals surface area contributed by atoms with E-state index in [-0.39, 0.29) is 31.4 Å². The molecule has 2 aliphatic heterocycles. The van der Waals surface area contributed by atoms with Gasteiger partial charge in [0.25, 0.3) is 5.91 Å². The summed E-state index contributed by atoms with van der Waals surface area (Å²) in [6.07, 6.45) is 9.02. The summed E-state index contributed by atoms with van der Waals surface area (Å²) in [6, 6.07) is 9.69. The van der Waals surface area contributed by atoms with E-state index in [4.69, 9.17) is 15.5 Å². The molecule has 248 valence electrons. The third kappa shape index (κ3) is 6.02. The molecule has 11 heteroatoms. The first-order valence-electron chi connectivity index (χ1n) is 16.8. The zero-order chi connectivity index (χ0) is 32.7. The Morgan fingerprint density at radius 2 is 2.09 bits per heavy atom. The number of amides is 1. The topological polar surface area (TPSA) is 115 Å². The molecule has 0 saturated carbocycles. The number of halogens is 1. The molecule has 4 aromatic rings. The lowest BCUT2D eigenvalue weighted by Gasteiger charge is -2.33. The van der Waals surface area contributed by atoms with E-state index in [0.29, 0.717) is 29.9 Å². The number of aliphatic hydroxyl groups excluding tert-OH is 1. The van der Waals surface area contributed by atoms with Crippen LogP contribution in [0.2, 0.25) is 0 Å². The SMILES string of the molecule is CCn1cc(Cn2c(C3=Cc4cccc5c4CCC3CCN5CCCO)nc3cc(C(=O)N4C[C@H](N)C[C@@H](F)C4)cc(OC)c32)cn1. The van der Waals surface area contributed by atoms with Crippen LogP contribution in [0, 0.1) is 5.92 Å². The lowest BCUT2D eigenvalue weighted by Crippen LogP contribution is -2.50. The van der Waals surface area contributed by atoms with Crippen molar-refractivity contribution in [1.82, 2.24) is 24.2 Å². The predicted molar refractivity (Wildman–Crippen MR) is 181 cm³/mol. The van der Waals surface area contributed by atoms with Crippen molar-refractivity contribution in [3.63, 3.8) is 0 Å². The number of aliphatic hydroxyl groups is 1. The molecule has 2 aromatic carbocycles. The second kappa shape index (κ2) is 13.1. The fourth-order valence-corrected chi connectivity index (χ4v) is 7.68. The Morgan fingerprint density at radius 3 is 2.85 bits per heavy atom. The largest absolute Gasteiger partial charge is 0.494 e. The number of imidazole rings is 1. The highest BCUT2D eigenvalue weighted by molar-refractivity contribution is 6.00. The zero-order valence-electron chi connectivity index (χ0n) is 27.2. The van der Waals surface area contributed by atoms with Crippen LogP contribution >= 0.6 is 0 Å².